The van der Waals surface area contributed by atoms with Gasteiger partial charge in [0.15, 0.2) is 5.82 Å². The summed E-state index contributed by atoms with van der Waals surface area (Å²) < 4.78 is 6.88. The maximum absolute atomic E-state index is 12.1. The summed E-state index contributed by atoms with van der Waals surface area (Å²) in [6.45, 7) is 0.310. The molecule has 2 N–H and O–H groups in total. The number of methoxy groups -OCH3 is 1. The summed E-state index contributed by atoms with van der Waals surface area (Å²) in [5, 5.41) is 13.7. The predicted molar refractivity (Wildman–Crippen MR) is 113 cm³/mol. The van der Waals surface area contributed by atoms with Crippen LogP contribution in [0.15, 0.2) is 47.2 Å². The number of thiazole rings is 1. The van der Waals surface area contributed by atoms with Gasteiger partial charge in [-0.1, -0.05) is 12.1 Å². The Bertz CT molecular complexity index is 1150. The van der Waals surface area contributed by atoms with Crippen molar-refractivity contribution in [2.75, 3.05) is 19.0 Å². The lowest BCUT2D eigenvalue weighted by Gasteiger charge is -2.07. The molecule has 8 nitrogen and oxygen atoms in total. The minimum absolute atomic E-state index is 0.310. The van der Waals surface area contributed by atoms with Crippen molar-refractivity contribution in [1.29, 1.82) is 0 Å². The van der Waals surface area contributed by atoms with Crippen molar-refractivity contribution in [2.45, 2.75) is 6.42 Å². The average molecular weight is 428 g/mol. The predicted octanol–water partition coefficient (Wildman–Crippen LogP) is 2.83. The second kappa shape index (κ2) is 8.41. The SMILES string of the molecule is COc1cccc(NC(=O)C(=O)NCCc2csc3nc(-c4cccs4)nn23)c1. The van der Waals surface area contributed by atoms with E-state index in [1.54, 1.807) is 40.1 Å². The van der Waals surface area contributed by atoms with Crippen molar-refractivity contribution in [1.82, 2.24) is 19.9 Å². The second-order valence-electron chi connectivity index (χ2n) is 6.03. The first-order valence-corrected chi connectivity index (χ1v) is 10.5. The van der Waals surface area contributed by atoms with Crippen LogP contribution in [0.2, 0.25) is 0 Å². The molecule has 0 saturated heterocycles. The van der Waals surface area contributed by atoms with E-state index in [0.29, 0.717) is 30.2 Å². The molecule has 0 atom stereocenters. The third-order valence-corrected chi connectivity index (χ3v) is 5.82. The molecule has 0 aliphatic rings. The molecule has 4 aromatic rings. The molecule has 0 spiro atoms. The summed E-state index contributed by atoms with van der Waals surface area (Å²) in [6, 6.07) is 10.8. The lowest BCUT2D eigenvalue weighted by molar-refractivity contribution is -0.136. The monoisotopic (exact) mass is 427 g/mol. The van der Waals surface area contributed by atoms with Gasteiger partial charge < -0.3 is 15.4 Å². The van der Waals surface area contributed by atoms with Gasteiger partial charge in [-0.15, -0.1) is 27.8 Å². The van der Waals surface area contributed by atoms with E-state index in [1.807, 2.05) is 22.9 Å². The van der Waals surface area contributed by atoms with E-state index in [1.165, 1.54) is 18.4 Å². The van der Waals surface area contributed by atoms with Crippen molar-refractivity contribution in [3.05, 3.63) is 52.9 Å². The minimum atomic E-state index is -0.727. The molecule has 29 heavy (non-hydrogen) atoms. The molecule has 0 fully saturated rings. The minimum Gasteiger partial charge on any atom is -0.497 e. The first kappa shape index (κ1) is 19.1. The van der Waals surface area contributed by atoms with Crippen LogP contribution in [0.4, 0.5) is 5.69 Å². The molecule has 4 rings (SSSR count). The summed E-state index contributed by atoms with van der Waals surface area (Å²) in [7, 11) is 1.54. The number of rotatable bonds is 6. The quantitative estimate of drug-likeness (QED) is 0.461. The van der Waals surface area contributed by atoms with E-state index in [2.05, 4.69) is 20.7 Å². The first-order chi connectivity index (χ1) is 14.1. The Morgan fingerprint density at radius 1 is 1.17 bits per heavy atom. The summed E-state index contributed by atoms with van der Waals surface area (Å²) in [5.41, 5.74) is 1.42. The number of nitrogens with one attached hydrogen (secondary N) is 2. The maximum Gasteiger partial charge on any atom is 0.313 e. The number of hydrogen-bond donors (Lipinski definition) is 2. The Hall–Kier alpha value is -3.24. The lowest BCUT2D eigenvalue weighted by Crippen LogP contribution is -2.36. The molecule has 148 valence electrons. The summed E-state index contributed by atoms with van der Waals surface area (Å²) in [6.07, 6.45) is 0.533. The molecular weight excluding hydrogens is 410 g/mol. The van der Waals surface area contributed by atoms with Crippen LogP contribution < -0.4 is 15.4 Å². The zero-order valence-electron chi connectivity index (χ0n) is 15.4. The third-order valence-electron chi connectivity index (χ3n) is 4.09. The number of fused-ring (bicyclic) bond motifs is 1. The summed E-state index contributed by atoms with van der Waals surface area (Å²) in [4.78, 5) is 30.5. The van der Waals surface area contributed by atoms with Crippen molar-refractivity contribution >= 4 is 45.1 Å². The van der Waals surface area contributed by atoms with E-state index < -0.39 is 11.8 Å². The highest BCUT2D eigenvalue weighted by Crippen LogP contribution is 2.24. The average Bonchev–Trinajstić information content (AvgIpc) is 3.46. The van der Waals surface area contributed by atoms with E-state index in [9.17, 15) is 9.59 Å². The van der Waals surface area contributed by atoms with Gasteiger partial charge in [0.05, 0.1) is 17.7 Å². The molecular formula is C19H17N5O3S2. The largest absolute Gasteiger partial charge is 0.497 e. The normalized spacial score (nSPS) is 10.8. The van der Waals surface area contributed by atoms with E-state index in [0.717, 1.165) is 15.5 Å². The van der Waals surface area contributed by atoms with Gasteiger partial charge in [-0.05, 0) is 23.6 Å². The van der Waals surface area contributed by atoms with Crippen molar-refractivity contribution < 1.29 is 14.3 Å². The van der Waals surface area contributed by atoms with Gasteiger partial charge in [0.1, 0.15) is 5.75 Å². The Balaban J connectivity index is 1.33. The number of amides is 2. The summed E-state index contributed by atoms with van der Waals surface area (Å²) in [5.74, 6) is -0.138. The number of carbonyl (C=O) groups is 2. The molecule has 0 aliphatic carbocycles. The van der Waals surface area contributed by atoms with Crippen LogP contribution in [-0.2, 0) is 16.0 Å². The number of benzene rings is 1. The van der Waals surface area contributed by atoms with Gasteiger partial charge >= 0.3 is 11.8 Å². The number of hydrogen-bond acceptors (Lipinski definition) is 7. The Kier molecular flexibility index (Phi) is 5.54. The van der Waals surface area contributed by atoms with Crippen molar-refractivity contribution in [3.63, 3.8) is 0 Å². The zero-order valence-corrected chi connectivity index (χ0v) is 17.0. The molecule has 0 aliphatic heterocycles. The van der Waals surface area contributed by atoms with Gasteiger partial charge in [0.2, 0.25) is 4.96 Å². The molecule has 3 aromatic heterocycles. The fraction of sp³-hybridized carbons (Fsp3) is 0.158. The topological polar surface area (TPSA) is 97.6 Å². The van der Waals surface area contributed by atoms with Crippen LogP contribution in [-0.4, -0.2) is 40.1 Å². The summed E-state index contributed by atoms with van der Waals surface area (Å²) >= 11 is 3.08. The first-order valence-electron chi connectivity index (χ1n) is 8.74. The van der Waals surface area contributed by atoms with Crippen LogP contribution in [0.5, 0.6) is 5.75 Å². The lowest BCUT2D eigenvalue weighted by atomic mass is 10.3. The number of anilines is 1. The number of ether oxygens (including phenoxy) is 1. The van der Waals surface area contributed by atoms with Gasteiger partial charge in [0.25, 0.3) is 0 Å². The van der Waals surface area contributed by atoms with Crippen LogP contribution in [0, 0.1) is 0 Å². The third kappa shape index (κ3) is 4.28. The highest BCUT2D eigenvalue weighted by Gasteiger charge is 2.15. The number of carbonyl (C=O) groups excluding carboxylic acids is 2. The van der Waals surface area contributed by atoms with Gasteiger partial charge in [-0.2, -0.15) is 4.98 Å². The van der Waals surface area contributed by atoms with E-state index in [4.69, 9.17) is 4.74 Å². The molecule has 0 unspecified atom stereocenters. The Labute approximate surface area is 174 Å². The van der Waals surface area contributed by atoms with Gasteiger partial charge in [-0.3, -0.25) is 9.59 Å². The molecule has 1 aromatic carbocycles. The van der Waals surface area contributed by atoms with Gasteiger partial charge in [0, 0.05) is 30.1 Å². The van der Waals surface area contributed by atoms with Crippen molar-refractivity contribution in [2.24, 2.45) is 0 Å². The van der Waals surface area contributed by atoms with E-state index in [-0.39, 0.29) is 0 Å². The molecule has 0 radical (unpaired) electrons. The van der Waals surface area contributed by atoms with Crippen molar-refractivity contribution in [3.8, 4) is 16.5 Å². The molecule has 10 heteroatoms. The van der Waals surface area contributed by atoms with Crippen LogP contribution >= 0.6 is 22.7 Å². The maximum atomic E-state index is 12.1. The smallest absolute Gasteiger partial charge is 0.313 e. The molecule has 2 amide bonds. The van der Waals surface area contributed by atoms with Crippen LogP contribution in [0.1, 0.15) is 5.69 Å². The fourth-order valence-electron chi connectivity index (χ4n) is 2.68. The molecule has 0 saturated carbocycles. The van der Waals surface area contributed by atoms with E-state index >= 15 is 0 Å². The molecule has 0 bridgehead atoms. The van der Waals surface area contributed by atoms with Crippen LogP contribution in [0.3, 0.4) is 0 Å². The second-order valence-corrected chi connectivity index (χ2v) is 7.81. The standard InChI is InChI=1S/C19H17N5O3S2/c1-27-14-5-2-4-12(10-14)21-18(26)17(25)20-8-7-13-11-29-19-22-16(23-24(13)19)15-6-3-9-28-15/h2-6,9-11H,7-8H2,1H3,(H,20,25)(H,21,26). The molecule has 3 heterocycles. The Morgan fingerprint density at radius 2 is 2.07 bits per heavy atom. The highest BCUT2D eigenvalue weighted by atomic mass is 32.1. The number of nitrogens with zero attached hydrogens (tertiary/aromatic N) is 3. The van der Waals surface area contributed by atoms with Crippen LogP contribution in [0.25, 0.3) is 15.7 Å². The fourth-order valence-corrected chi connectivity index (χ4v) is 4.19. The Morgan fingerprint density at radius 3 is 2.86 bits per heavy atom. The number of thiophene rings is 1. The zero-order chi connectivity index (χ0) is 20.2. The number of aromatic nitrogens is 3. The highest BCUT2D eigenvalue weighted by molar-refractivity contribution is 7.15. The van der Waals surface area contributed by atoms with Gasteiger partial charge in [-0.25, -0.2) is 4.52 Å².